The summed E-state index contributed by atoms with van der Waals surface area (Å²) in [5.41, 5.74) is 1.54. The molecule has 0 atom stereocenters. The van der Waals surface area contributed by atoms with Crippen LogP contribution >= 0.6 is 12.2 Å². The van der Waals surface area contributed by atoms with Gasteiger partial charge in [-0.15, -0.1) is 0 Å². The summed E-state index contributed by atoms with van der Waals surface area (Å²) in [6.45, 7) is 5.16. The normalized spacial score (nSPS) is 18.1. The van der Waals surface area contributed by atoms with Crippen molar-refractivity contribution < 1.29 is 4.79 Å². The van der Waals surface area contributed by atoms with E-state index in [1.165, 1.54) is 25.7 Å². The highest BCUT2D eigenvalue weighted by Gasteiger charge is 2.28. The number of carbonyl (C=O) groups is 1. The summed E-state index contributed by atoms with van der Waals surface area (Å²) < 4.78 is 0. The molecule has 5 nitrogen and oxygen atoms in total. The summed E-state index contributed by atoms with van der Waals surface area (Å²) >= 11 is 5.46. The molecule has 124 valence electrons. The molecule has 6 heteroatoms. The second kappa shape index (κ2) is 8.98. The van der Waals surface area contributed by atoms with Gasteiger partial charge in [0.2, 0.25) is 0 Å². The van der Waals surface area contributed by atoms with E-state index in [-0.39, 0.29) is 6.03 Å². The molecule has 0 aromatic carbocycles. The molecule has 1 fully saturated rings. The molecule has 1 saturated heterocycles. The van der Waals surface area contributed by atoms with E-state index < -0.39 is 0 Å². The lowest BCUT2D eigenvalue weighted by atomic mass is 9.97. The van der Waals surface area contributed by atoms with Gasteiger partial charge in [0.1, 0.15) is 0 Å². The number of allylic oxidation sites excluding steroid dienone is 1. The molecule has 0 aromatic rings. The second-order valence-electron chi connectivity index (χ2n) is 5.92. The van der Waals surface area contributed by atoms with E-state index in [1.54, 1.807) is 10.6 Å². The minimum atomic E-state index is -0.0431. The first-order chi connectivity index (χ1) is 10.7. The van der Waals surface area contributed by atoms with Crippen LogP contribution in [0.15, 0.2) is 11.6 Å². The lowest BCUT2D eigenvalue weighted by Crippen LogP contribution is -2.52. The highest BCUT2D eigenvalue weighted by atomic mass is 32.1. The summed E-state index contributed by atoms with van der Waals surface area (Å²) in [6, 6.07) is -0.0431. The van der Waals surface area contributed by atoms with Crippen LogP contribution in [0.3, 0.4) is 0 Å². The molecule has 0 saturated carbocycles. The number of nitrogens with one attached hydrogen (secondary N) is 2. The predicted octanol–water partition coefficient (Wildman–Crippen LogP) is 2.79. The zero-order chi connectivity index (χ0) is 15.8. The monoisotopic (exact) mass is 324 g/mol. The maximum atomic E-state index is 12.1. The minimum absolute atomic E-state index is 0.0431. The van der Waals surface area contributed by atoms with Crippen LogP contribution in [-0.2, 0) is 0 Å². The summed E-state index contributed by atoms with van der Waals surface area (Å²) in [5.74, 6) is 0. The zero-order valence-electron chi connectivity index (χ0n) is 13.6. The molecule has 2 N–H and O–H groups in total. The third-order valence-electron chi connectivity index (χ3n) is 4.13. The number of rotatable bonds is 5. The van der Waals surface area contributed by atoms with Gasteiger partial charge in [-0.05, 0) is 57.2 Å². The van der Waals surface area contributed by atoms with Crippen molar-refractivity contribution >= 4 is 23.4 Å². The van der Waals surface area contributed by atoms with Gasteiger partial charge in [-0.1, -0.05) is 18.6 Å². The Morgan fingerprint density at radius 3 is 2.73 bits per heavy atom. The van der Waals surface area contributed by atoms with Gasteiger partial charge in [0.05, 0.1) is 0 Å². The Labute approximate surface area is 139 Å². The standard InChI is InChI=1S/C16H28N4OS/c1-2-10-17-15(21)19-12-6-13-20(19)16(22)18-11-9-14-7-4-3-5-8-14/h7H,2-6,8-13H2,1H3,(H,17,21)(H,18,22). The smallest absolute Gasteiger partial charge is 0.336 e. The van der Waals surface area contributed by atoms with Gasteiger partial charge in [0.15, 0.2) is 5.11 Å². The number of nitrogens with zero attached hydrogens (tertiary/aromatic N) is 2. The van der Waals surface area contributed by atoms with Crippen molar-refractivity contribution in [3.63, 3.8) is 0 Å². The summed E-state index contributed by atoms with van der Waals surface area (Å²) in [7, 11) is 0. The van der Waals surface area contributed by atoms with Crippen molar-refractivity contribution in [2.75, 3.05) is 26.2 Å². The van der Waals surface area contributed by atoms with E-state index in [9.17, 15) is 4.79 Å². The molecular weight excluding hydrogens is 296 g/mol. The summed E-state index contributed by atoms with van der Waals surface area (Å²) in [5, 5.41) is 10.5. The zero-order valence-corrected chi connectivity index (χ0v) is 14.4. The Morgan fingerprint density at radius 1 is 1.18 bits per heavy atom. The average Bonchev–Trinajstić information content (AvgIpc) is 3.03. The third-order valence-corrected chi connectivity index (χ3v) is 4.49. The van der Waals surface area contributed by atoms with E-state index in [1.807, 2.05) is 11.9 Å². The minimum Gasteiger partial charge on any atom is -0.361 e. The van der Waals surface area contributed by atoms with Gasteiger partial charge in [0.25, 0.3) is 0 Å². The van der Waals surface area contributed by atoms with Crippen molar-refractivity contribution in [1.82, 2.24) is 20.7 Å². The molecule has 0 unspecified atom stereocenters. The summed E-state index contributed by atoms with van der Waals surface area (Å²) in [6.07, 6.45) is 10.4. The van der Waals surface area contributed by atoms with Crippen LogP contribution in [0, 0.1) is 0 Å². The molecule has 2 aliphatic rings. The van der Waals surface area contributed by atoms with Crippen LogP contribution in [0.25, 0.3) is 0 Å². The van der Waals surface area contributed by atoms with Crippen molar-refractivity contribution in [3.05, 3.63) is 11.6 Å². The predicted molar refractivity (Wildman–Crippen MR) is 93.5 cm³/mol. The van der Waals surface area contributed by atoms with Gasteiger partial charge in [0, 0.05) is 26.2 Å². The van der Waals surface area contributed by atoms with Crippen LogP contribution in [0.2, 0.25) is 0 Å². The topological polar surface area (TPSA) is 47.6 Å². The largest absolute Gasteiger partial charge is 0.361 e. The lowest BCUT2D eigenvalue weighted by molar-refractivity contribution is 0.124. The Morgan fingerprint density at radius 2 is 2.00 bits per heavy atom. The van der Waals surface area contributed by atoms with Gasteiger partial charge in [-0.2, -0.15) is 0 Å². The number of carbonyl (C=O) groups excluding carboxylic acids is 1. The second-order valence-corrected chi connectivity index (χ2v) is 6.31. The molecule has 1 aliphatic carbocycles. The third kappa shape index (κ3) is 4.87. The van der Waals surface area contributed by atoms with E-state index in [4.69, 9.17) is 12.2 Å². The molecule has 0 bridgehead atoms. The maximum absolute atomic E-state index is 12.1. The maximum Gasteiger partial charge on any atom is 0.336 e. The fraction of sp³-hybridized carbons (Fsp3) is 0.750. The van der Waals surface area contributed by atoms with Crippen LogP contribution in [0.5, 0.6) is 0 Å². The molecule has 2 rings (SSSR count). The fourth-order valence-corrected chi connectivity index (χ4v) is 3.20. The summed E-state index contributed by atoms with van der Waals surface area (Å²) in [4.78, 5) is 12.1. The first-order valence-corrected chi connectivity index (χ1v) is 8.91. The highest BCUT2D eigenvalue weighted by molar-refractivity contribution is 7.80. The van der Waals surface area contributed by atoms with Gasteiger partial charge in [-0.25, -0.2) is 9.80 Å². The van der Waals surface area contributed by atoms with Crippen LogP contribution in [-0.4, -0.2) is 47.3 Å². The van der Waals surface area contributed by atoms with Crippen LogP contribution < -0.4 is 10.6 Å². The molecule has 1 aliphatic heterocycles. The van der Waals surface area contributed by atoms with Gasteiger partial charge in [-0.3, -0.25) is 5.01 Å². The highest BCUT2D eigenvalue weighted by Crippen LogP contribution is 2.19. The quantitative estimate of drug-likeness (QED) is 0.603. The molecule has 0 radical (unpaired) electrons. The molecule has 1 heterocycles. The number of hydrogen-bond acceptors (Lipinski definition) is 2. The first kappa shape index (κ1) is 17.1. The molecule has 0 spiro atoms. The fourth-order valence-electron chi connectivity index (χ4n) is 2.91. The SMILES string of the molecule is CCCNC(=O)N1CCCN1C(=S)NCCC1=CCCCC1. The Bertz CT molecular complexity index is 424. The Hall–Kier alpha value is -1.30. The average molecular weight is 324 g/mol. The molecule has 2 amide bonds. The number of urea groups is 1. The van der Waals surface area contributed by atoms with Crippen LogP contribution in [0.1, 0.15) is 51.9 Å². The molecule has 22 heavy (non-hydrogen) atoms. The van der Waals surface area contributed by atoms with E-state index in [0.29, 0.717) is 11.7 Å². The Balaban J connectivity index is 1.75. The Kier molecular flexibility index (Phi) is 6.96. The number of hydrazine groups is 1. The van der Waals surface area contributed by atoms with Crippen molar-refractivity contribution in [3.8, 4) is 0 Å². The van der Waals surface area contributed by atoms with E-state index >= 15 is 0 Å². The van der Waals surface area contributed by atoms with Crippen molar-refractivity contribution in [2.24, 2.45) is 0 Å². The van der Waals surface area contributed by atoms with Gasteiger partial charge < -0.3 is 10.6 Å². The van der Waals surface area contributed by atoms with E-state index in [0.717, 1.165) is 38.9 Å². The molecule has 0 aromatic heterocycles. The number of hydrogen-bond donors (Lipinski definition) is 2. The first-order valence-electron chi connectivity index (χ1n) is 8.51. The van der Waals surface area contributed by atoms with E-state index in [2.05, 4.69) is 16.7 Å². The lowest BCUT2D eigenvalue weighted by Gasteiger charge is -2.30. The van der Waals surface area contributed by atoms with Crippen molar-refractivity contribution in [1.29, 1.82) is 0 Å². The van der Waals surface area contributed by atoms with Crippen LogP contribution in [0.4, 0.5) is 4.79 Å². The molecular formula is C16H28N4OS. The van der Waals surface area contributed by atoms with Gasteiger partial charge >= 0.3 is 6.03 Å². The van der Waals surface area contributed by atoms with Crippen molar-refractivity contribution in [2.45, 2.75) is 51.9 Å². The number of amides is 2. The number of thiocarbonyl (C=S) groups is 1.